The van der Waals surface area contributed by atoms with Crippen LogP contribution in [0, 0.1) is 11.3 Å². The van der Waals surface area contributed by atoms with E-state index in [0.717, 1.165) is 10.0 Å². The van der Waals surface area contributed by atoms with Crippen LogP contribution in [0.4, 0.5) is 5.69 Å². The average Bonchev–Trinajstić information content (AvgIpc) is 2.55. The highest BCUT2D eigenvalue weighted by atomic mass is 79.9. The van der Waals surface area contributed by atoms with Crippen LogP contribution in [0.3, 0.4) is 0 Å². The van der Waals surface area contributed by atoms with E-state index >= 15 is 0 Å². The van der Waals surface area contributed by atoms with Crippen molar-refractivity contribution in [2.75, 3.05) is 18.5 Å². The number of nitrogens with one attached hydrogen (secondary N) is 1. The summed E-state index contributed by atoms with van der Waals surface area (Å²) in [7, 11) is 0. The summed E-state index contributed by atoms with van der Waals surface area (Å²) in [6.07, 6.45) is 0.188. The number of hydrogen-bond acceptors (Lipinski definition) is 4. The Morgan fingerprint density at radius 2 is 1.96 bits per heavy atom. The Balaban J connectivity index is 1.74. The molecule has 0 aliphatic carbocycles. The van der Waals surface area contributed by atoms with Gasteiger partial charge < -0.3 is 14.8 Å². The molecule has 2 aromatic rings. The molecule has 0 radical (unpaired) electrons. The molecule has 5 nitrogen and oxygen atoms in total. The third-order valence-corrected chi connectivity index (χ3v) is 4.08. The van der Waals surface area contributed by atoms with Crippen LogP contribution in [0.2, 0.25) is 0 Å². The molecule has 1 amide bonds. The van der Waals surface area contributed by atoms with E-state index in [1.165, 1.54) is 0 Å². The molecule has 1 aliphatic rings. The minimum Gasteiger partial charge on any atom is -0.486 e. The highest BCUT2D eigenvalue weighted by Crippen LogP contribution is 2.35. The lowest BCUT2D eigenvalue weighted by atomic mass is 10.1. The lowest BCUT2D eigenvalue weighted by Crippen LogP contribution is -2.17. The molecule has 0 spiro atoms. The monoisotopic (exact) mass is 372 g/mol. The predicted molar refractivity (Wildman–Crippen MR) is 88.6 cm³/mol. The third-order valence-electron chi connectivity index (χ3n) is 3.34. The van der Waals surface area contributed by atoms with Gasteiger partial charge in [-0.15, -0.1) is 0 Å². The standard InChI is InChI=1S/C17H13BrN2O3/c18-14-9-16-15(22-4-5-23-16)7-12(14)8-17(21)20-13-3-1-2-11(6-13)10-19/h1-3,6-7,9H,4-5,8H2,(H,20,21). The second-order valence-electron chi connectivity index (χ2n) is 5.00. The maximum atomic E-state index is 12.2. The first-order valence-electron chi connectivity index (χ1n) is 7.04. The van der Waals surface area contributed by atoms with E-state index in [1.54, 1.807) is 24.3 Å². The molecule has 0 aromatic heterocycles. The fourth-order valence-corrected chi connectivity index (χ4v) is 2.75. The van der Waals surface area contributed by atoms with E-state index in [4.69, 9.17) is 14.7 Å². The zero-order chi connectivity index (χ0) is 16.2. The molecule has 0 atom stereocenters. The van der Waals surface area contributed by atoms with E-state index in [2.05, 4.69) is 21.2 Å². The number of benzene rings is 2. The lowest BCUT2D eigenvalue weighted by Gasteiger charge is -2.19. The first-order valence-corrected chi connectivity index (χ1v) is 7.83. The molecular weight excluding hydrogens is 360 g/mol. The molecular formula is C17H13BrN2O3. The van der Waals surface area contributed by atoms with Crippen molar-refractivity contribution in [2.24, 2.45) is 0 Å². The van der Waals surface area contributed by atoms with Crippen LogP contribution in [-0.4, -0.2) is 19.1 Å². The van der Waals surface area contributed by atoms with Crippen LogP contribution in [-0.2, 0) is 11.2 Å². The molecule has 116 valence electrons. The number of nitriles is 1. The van der Waals surface area contributed by atoms with Gasteiger partial charge in [0.2, 0.25) is 5.91 Å². The number of nitrogens with zero attached hydrogens (tertiary/aromatic N) is 1. The summed E-state index contributed by atoms with van der Waals surface area (Å²) in [5.41, 5.74) is 1.91. The Kier molecular flexibility index (Phi) is 4.49. The summed E-state index contributed by atoms with van der Waals surface area (Å²) in [6, 6.07) is 12.5. The molecule has 3 rings (SSSR count). The van der Waals surface area contributed by atoms with Crippen molar-refractivity contribution < 1.29 is 14.3 Å². The van der Waals surface area contributed by atoms with Gasteiger partial charge in [0.1, 0.15) is 13.2 Å². The van der Waals surface area contributed by atoms with E-state index < -0.39 is 0 Å². The molecule has 0 saturated carbocycles. The average molecular weight is 373 g/mol. The third kappa shape index (κ3) is 3.63. The van der Waals surface area contributed by atoms with E-state index in [1.807, 2.05) is 18.2 Å². The number of anilines is 1. The minimum atomic E-state index is -0.169. The van der Waals surface area contributed by atoms with Crippen molar-refractivity contribution in [3.63, 3.8) is 0 Å². The van der Waals surface area contributed by atoms with Gasteiger partial charge in [0.25, 0.3) is 0 Å². The molecule has 0 bridgehead atoms. The number of hydrogen-bond donors (Lipinski definition) is 1. The van der Waals surface area contributed by atoms with Crippen molar-refractivity contribution in [1.82, 2.24) is 0 Å². The molecule has 6 heteroatoms. The second-order valence-corrected chi connectivity index (χ2v) is 5.86. The highest BCUT2D eigenvalue weighted by Gasteiger charge is 2.16. The van der Waals surface area contributed by atoms with Crippen LogP contribution in [0.1, 0.15) is 11.1 Å². The van der Waals surface area contributed by atoms with Gasteiger partial charge in [-0.1, -0.05) is 22.0 Å². The Hall–Kier alpha value is -2.52. The summed E-state index contributed by atoms with van der Waals surface area (Å²) < 4.78 is 11.8. The van der Waals surface area contributed by atoms with E-state index in [0.29, 0.717) is 36.0 Å². The van der Waals surface area contributed by atoms with Crippen LogP contribution >= 0.6 is 15.9 Å². The number of carbonyl (C=O) groups excluding carboxylic acids is 1. The van der Waals surface area contributed by atoms with Crippen molar-refractivity contribution >= 4 is 27.5 Å². The number of rotatable bonds is 3. The maximum Gasteiger partial charge on any atom is 0.228 e. The number of fused-ring (bicyclic) bond motifs is 1. The van der Waals surface area contributed by atoms with Crippen LogP contribution in [0.25, 0.3) is 0 Å². The van der Waals surface area contributed by atoms with E-state index in [9.17, 15) is 4.79 Å². The number of carbonyl (C=O) groups is 1. The first-order chi connectivity index (χ1) is 11.2. The second kappa shape index (κ2) is 6.71. The Bertz CT molecular complexity index is 799. The van der Waals surface area contributed by atoms with Gasteiger partial charge in [-0.25, -0.2) is 0 Å². The van der Waals surface area contributed by atoms with Crippen molar-refractivity contribution in [3.05, 3.63) is 52.0 Å². The number of ether oxygens (including phenoxy) is 2. The summed E-state index contributed by atoms with van der Waals surface area (Å²) in [5.74, 6) is 1.15. The van der Waals surface area contributed by atoms with Crippen LogP contribution in [0.5, 0.6) is 11.5 Å². The quantitative estimate of drug-likeness (QED) is 0.897. The highest BCUT2D eigenvalue weighted by molar-refractivity contribution is 9.10. The molecule has 0 fully saturated rings. The molecule has 0 saturated heterocycles. The Labute approximate surface area is 142 Å². The van der Waals surface area contributed by atoms with Crippen molar-refractivity contribution in [1.29, 1.82) is 5.26 Å². The van der Waals surface area contributed by atoms with Gasteiger partial charge in [0.15, 0.2) is 11.5 Å². The Morgan fingerprint density at radius 1 is 1.22 bits per heavy atom. The summed E-state index contributed by atoms with van der Waals surface area (Å²) in [6.45, 7) is 1.02. The predicted octanol–water partition coefficient (Wildman–Crippen LogP) is 3.27. The van der Waals surface area contributed by atoms with Crippen LogP contribution in [0.15, 0.2) is 40.9 Å². The Morgan fingerprint density at radius 3 is 2.70 bits per heavy atom. The van der Waals surface area contributed by atoms with Crippen molar-refractivity contribution in [3.8, 4) is 17.6 Å². The minimum absolute atomic E-state index is 0.169. The zero-order valence-corrected chi connectivity index (χ0v) is 13.7. The lowest BCUT2D eigenvalue weighted by molar-refractivity contribution is -0.115. The summed E-state index contributed by atoms with van der Waals surface area (Å²) in [5, 5.41) is 11.7. The molecule has 1 heterocycles. The SMILES string of the molecule is N#Cc1cccc(NC(=O)Cc2cc3c(cc2Br)OCCO3)c1. The zero-order valence-electron chi connectivity index (χ0n) is 12.1. The van der Waals surface area contributed by atoms with Gasteiger partial charge in [-0.05, 0) is 35.9 Å². The first kappa shape index (κ1) is 15.4. The molecule has 1 N–H and O–H groups in total. The molecule has 2 aromatic carbocycles. The molecule has 1 aliphatic heterocycles. The normalized spacial score (nSPS) is 12.3. The smallest absolute Gasteiger partial charge is 0.228 e. The van der Waals surface area contributed by atoms with Gasteiger partial charge in [-0.2, -0.15) is 5.26 Å². The van der Waals surface area contributed by atoms with Gasteiger partial charge in [0, 0.05) is 10.2 Å². The fourth-order valence-electron chi connectivity index (χ4n) is 2.29. The molecule has 0 unspecified atom stereocenters. The van der Waals surface area contributed by atoms with Gasteiger partial charge in [-0.3, -0.25) is 4.79 Å². The van der Waals surface area contributed by atoms with Gasteiger partial charge >= 0.3 is 0 Å². The number of amides is 1. The topological polar surface area (TPSA) is 71.4 Å². The van der Waals surface area contributed by atoms with Gasteiger partial charge in [0.05, 0.1) is 18.1 Å². The fraction of sp³-hybridized carbons (Fsp3) is 0.176. The summed E-state index contributed by atoms with van der Waals surface area (Å²) >= 11 is 3.45. The largest absolute Gasteiger partial charge is 0.486 e. The van der Waals surface area contributed by atoms with E-state index in [-0.39, 0.29) is 12.3 Å². The number of halogens is 1. The summed E-state index contributed by atoms with van der Waals surface area (Å²) in [4.78, 5) is 12.2. The molecule has 23 heavy (non-hydrogen) atoms. The van der Waals surface area contributed by atoms with Crippen molar-refractivity contribution in [2.45, 2.75) is 6.42 Å². The maximum absolute atomic E-state index is 12.2. The van der Waals surface area contributed by atoms with Crippen LogP contribution < -0.4 is 14.8 Å².